The van der Waals surface area contributed by atoms with Gasteiger partial charge in [-0.1, -0.05) is 19.9 Å². The molecule has 2 aromatic carbocycles. The number of phenols is 1. The van der Waals surface area contributed by atoms with Crippen LogP contribution < -0.4 is 14.9 Å². The van der Waals surface area contributed by atoms with E-state index in [0.717, 1.165) is 25.9 Å². The molecule has 0 bridgehead atoms. The summed E-state index contributed by atoms with van der Waals surface area (Å²) in [4.78, 5) is 15.5. The van der Waals surface area contributed by atoms with Crippen LogP contribution in [0.25, 0.3) is 22.1 Å². The van der Waals surface area contributed by atoms with Gasteiger partial charge in [-0.25, -0.2) is 0 Å². The molecule has 0 radical (unpaired) electrons. The van der Waals surface area contributed by atoms with E-state index < -0.39 is 0 Å². The molecule has 6 nitrogen and oxygen atoms in total. The zero-order valence-electron chi connectivity index (χ0n) is 18.0. The average molecular weight is 411 g/mol. The van der Waals surface area contributed by atoms with E-state index >= 15 is 0 Å². The first-order valence-corrected chi connectivity index (χ1v) is 10.2. The zero-order valence-corrected chi connectivity index (χ0v) is 18.0. The van der Waals surface area contributed by atoms with Crippen molar-refractivity contribution < 1.29 is 19.0 Å². The fraction of sp³-hybridized carbons (Fsp3) is 0.375. The number of ether oxygens (including phenoxy) is 2. The molecular weight excluding hydrogens is 382 g/mol. The van der Waals surface area contributed by atoms with Crippen LogP contribution in [0, 0.1) is 0 Å². The third-order valence-corrected chi connectivity index (χ3v) is 5.18. The van der Waals surface area contributed by atoms with Crippen LogP contribution in [-0.2, 0) is 6.54 Å². The molecule has 0 aliphatic carbocycles. The number of hydrogen-bond donors (Lipinski definition) is 1. The summed E-state index contributed by atoms with van der Waals surface area (Å²) in [5.74, 6) is 1.27. The van der Waals surface area contributed by atoms with Crippen LogP contribution in [0.4, 0.5) is 0 Å². The second-order valence-electron chi connectivity index (χ2n) is 7.26. The van der Waals surface area contributed by atoms with Crippen LogP contribution in [0.1, 0.15) is 32.3 Å². The van der Waals surface area contributed by atoms with Gasteiger partial charge in [0.05, 0.1) is 30.7 Å². The van der Waals surface area contributed by atoms with Gasteiger partial charge in [0.25, 0.3) is 0 Å². The number of phenolic OH excluding ortho intramolecular Hbond substituents is 1. The smallest absolute Gasteiger partial charge is 0.200 e. The monoisotopic (exact) mass is 411 g/mol. The highest BCUT2D eigenvalue weighted by atomic mass is 16.5. The number of methoxy groups -OCH3 is 2. The van der Waals surface area contributed by atoms with Crippen molar-refractivity contribution in [3.8, 4) is 28.4 Å². The van der Waals surface area contributed by atoms with Crippen LogP contribution >= 0.6 is 0 Å². The molecule has 0 amide bonds. The lowest BCUT2D eigenvalue weighted by Crippen LogP contribution is -2.25. The molecule has 30 heavy (non-hydrogen) atoms. The van der Waals surface area contributed by atoms with Crippen LogP contribution in [0.3, 0.4) is 0 Å². The summed E-state index contributed by atoms with van der Waals surface area (Å²) in [6.07, 6.45) is 3.48. The predicted molar refractivity (Wildman–Crippen MR) is 119 cm³/mol. The Hall–Kier alpha value is -2.99. The standard InChI is InChI=1S/C24H29NO5/c1-5-11-25(12-6-2)14-18-20(26)9-8-17-23(27)19(15-30-24(17)18)16-7-10-21(28-3)22(13-16)29-4/h7-10,13,15,26H,5-6,11-12,14H2,1-4H3. The van der Waals surface area contributed by atoms with Gasteiger partial charge in [-0.3, -0.25) is 9.69 Å². The van der Waals surface area contributed by atoms with Crippen molar-refractivity contribution in [1.29, 1.82) is 0 Å². The first kappa shape index (κ1) is 21.7. The Kier molecular flexibility index (Phi) is 7.00. The Balaban J connectivity index is 2.09. The molecule has 0 unspecified atom stereocenters. The van der Waals surface area contributed by atoms with Crippen molar-refractivity contribution in [2.24, 2.45) is 0 Å². The summed E-state index contributed by atoms with van der Waals surface area (Å²) in [5.41, 5.74) is 2.03. The zero-order chi connectivity index (χ0) is 21.7. The van der Waals surface area contributed by atoms with E-state index in [4.69, 9.17) is 13.9 Å². The maximum Gasteiger partial charge on any atom is 0.200 e. The number of benzene rings is 2. The third-order valence-electron chi connectivity index (χ3n) is 5.18. The molecule has 6 heteroatoms. The average Bonchev–Trinajstić information content (AvgIpc) is 2.75. The van der Waals surface area contributed by atoms with Crippen molar-refractivity contribution in [3.63, 3.8) is 0 Å². The third kappa shape index (κ3) is 4.28. The van der Waals surface area contributed by atoms with Gasteiger partial charge in [-0.15, -0.1) is 0 Å². The van der Waals surface area contributed by atoms with Crippen LogP contribution in [0.5, 0.6) is 17.2 Å². The molecule has 0 spiro atoms. The maximum absolute atomic E-state index is 13.3. The maximum atomic E-state index is 13.3. The topological polar surface area (TPSA) is 72.1 Å². The van der Waals surface area contributed by atoms with Gasteiger partial charge >= 0.3 is 0 Å². The molecule has 1 aromatic heterocycles. The molecule has 160 valence electrons. The highest BCUT2D eigenvalue weighted by Crippen LogP contribution is 2.33. The number of nitrogens with zero attached hydrogens (tertiary/aromatic N) is 1. The van der Waals surface area contributed by atoms with E-state index in [1.807, 2.05) is 0 Å². The van der Waals surface area contributed by atoms with E-state index in [1.165, 1.54) is 6.26 Å². The molecule has 3 aromatic rings. The van der Waals surface area contributed by atoms with Gasteiger partial charge in [0.15, 0.2) is 11.5 Å². The molecule has 0 atom stereocenters. The summed E-state index contributed by atoms with van der Waals surface area (Å²) >= 11 is 0. The largest absolute Gasteiger partial charge is 0.507 e. The summed E-state index contributed by atoms with van der Waals surface area (Å²) in [6, 6.07) is 8.50. The van der Waals surface area contributed by atoms with Crippen LogP contribution in [-0.4, -0.2) is 37.3 Å². The fourth-order valence-electron chi connectivity index (χ4n) is 3.73. The Labute approximate surface area is 176 Å². The van der Waals surface area contributed by atoms with E-state index in [2.05, 4.69) is 18.7 Å². The van der Waals surface area contributed by atoms with Gasteiger partial charge < -0.3 is 19.0 Å². The summed E-state index contributed by atoms with van der Waals surface area (Å²) in [5, 5.41) is 10.9. The molecule has 0 fully saturated rings. The van der Waals surface area contributed by atoms with E-state index in [-0.39, 0.29) is 11.2 Å². The van der Waals surface area contributed by atoms with Gasteiger partial charge in [0.2, 0.25) is 5.43 Å². The van der Waals surface area contributed by atoms with Crippen molar-refractivity contribution in [1.82, 2.24) is 4.90 Å². The second-order valence-corrected chi connectivity index (χ2v) is 7.26. The SMILES string of the molecule is CCCN(CCC)Cc1c(O)ccc2c(=O)c(-c3ccc(OC)c(OC)c3)coc12. The molecular formula is C24H29NO5. The highest BCUT2D eigenvalue weighted by molar-refractivity contribution is 5.85. The molecule has 1 N–H and O–H groups in total. The number of aromatic hydroxyl groups is 1. The second kappa shape index (κ2) is 9.67. The quantitative estimate of drug-likeness (QED) is 0.545. The Morgan fingerprint density at radius 3 is 2.33 bits per heavy atom. The molecule has 0 aliphatic rings. The predicted octanol–water partition coefficient (Wildman–Crippen LogP) is 4.80. The van der Waals surface area contributed by atoms with Gasteiger partial charge in [0, 0.05) is 6.54 Å². The molecule has 1 heterocycles. The highest BCUT2D eigenvalue weighted by Gasteiger charge is 2.18. The lowest BCUT2D eigenvalue weighted by Gasteiger charge is -2.22. The van der Waals surface area contributed by atoms with Crippen molar-refractivity contribution >= 4 is 11.0 Å². The Morgan fingerprint density at radius 1 is 1.00 bits per heavy atom. The molecule has 3 rings (SSSR count). The van der Waals surface area contributed by atoms with Gasteiger partial charge in [-0.05, 0) is 55.8 Å². The summed E-state index contributed by atoms with van der Waals surface area (Å²) < 4.78 is 16.5. The van der Waals surface area contributed by atoms with Crippen molar-refractivity contribution in [3.05, 3.63) is 52.4 Å². The van der Waals surface area contributed by atoms with Crippen LogP contribution in [0.15, 0.2) is 45.8 Å². The molecule has 0 saturated carbocycles. The minimum Gasteiger partial charge on any atom is -0.507 e. The first-order valence-electron chi connectivity index (χ1n) is 10.2. The minimum absolute atomic E-state index is 0.140. The van der Waals surface area contributed by atoms with Crippen LogP contribution in [0.2, 0.25) is 0 Å². The summed E-state index contributed by atoms with van der Waals surface area (Å²) in [7, 11) is 3.12. The van der Waals surface area contributed by atoms with E-state index in [9.17, 15) is 9.90 Å². The normalized spacial score (nSPS) is 11.2. The van der Waals surface area contributed by atoms with Crippen molar-refractivity contribution in [2.45, 2.75) is 33.2 Å². The number of hydrogen-bond acceptors (Lipinski definition) is 6. The fourth-order valence-corrected chi connectivity index (χ4v) is 3.73. The van der Waals surface area contributed by atoms with Gasteiger partial charge in [0.1, 0.15) is 17.6 Å². The first-order chi connectivity index (χ1) is 14.5. The number of rotatable bonds is 9. The Morgan fingerprint density at radius 2 is 1.70 bits per heavy atom. The Bertz CT molecular complexity index is 1070. The van der Waals surface area contributed by atoms with Crippen molar-refractivity contribution in [2.75, 3.05) is 27.3 Å². The lowest BCUT2D eigenvalue weighted by atomic mass is 10.0. The van der Waals surface area contributed by atoms with E-state index in [1.54, 1.807) is 44.6 Å². The molecule has 0 aliphatic heterocycles. The lowest BCUT2D eigenvalue weighted by molar-refractivity contribution is 0.262. The summed E-state index contributed by atoms with van der Waals surface area (Å²) in [6.45, 7) is 6.61. The van der Waals surface area contributed by atoms with Gasteiger partial charge in [-0.2, -0.15) is 0 Å². The number of fused-ring (bicyclic) bond motifs is 1. The minimum atomic E-state index is -0.151. The van der Waals surface area contributed by atoms with E-state index in [0.29, 0.717) is 45.7 Å². The molecule has 0 saturated heterocycles.